The first kappa shape index (κ1) is 25.5. The second-order valence-corrected chi connectivity index (χ2v) is 14.4. The fraction of sp³-hybridized carbons (Fsp3) is 0.111. The molecule has 0 saturated carbocycles. The SMILES string of the molecule is [Cl][Fe][Cl].c1ccc([PH+](CCC[PH+](c2ccccc2)c2ccccc2)c2ccccc2)cc1. The van der Waals surface area contributed by atoms with Gasteiger partial charge in [-0.15, -0.1) is 0 Å². The molecule has 4 aromatic carbocycles. The normalized spacial score (nSPS) is 10.8. The Kier molecular flexibility index (Phi) is 11.8. The Hall–Kier alpha value is -1.16. The molecule has 0 aliphatic heterocycles. The van der Waals surface area contributed by atoms with Crippen molar-refractivity contribution in [1.82, 2.24) is 0 Å². The van der Waals surface area contributed by atoms with Gasteiger partial charge in [-0.2, -0.15) is 0 Å². The molecule has 0 unspecified atom stereocenters. The van der Waals surface area contributed by atoms with Gasteiger partial charge in [-0.3, -0.25) is 0 Å². The average Bonchev–Trinajstić information content (AvgIpc) is 2.87. The second kappa shape index (κ2) is 14.9. The summed E-state index contributed by atoms with van der Waals surface area (Å²) < 4.78 is 0. The molecule has 32 heavy (non-hydrogen) atoms. The molecule has 0 spiro atoms. The maximum Gasteiger partial charge on any atom is 0.0966 e. The molecule has 0 heterocycles. The summed E-state index contributed by atoms with van der Waals surface area (Å²) in [4.78, 5) is 0. The minimum atomic E-state index is -0.742. The third-order valence-electron chi connectivity index (χ3n) is 5.34. The van der Waals surface area contributed by atoms with Crippen molar-refractivity contribution >= 4 is 57.3 Å². The molecule has 5 heteroatoms. The summed E-state index contributed by atoms with van der Waals surface area (Å²) in [5.74, 6) is 0. The summed E-state index contributed by atoms with van der Waals surface area (Å²) >= 11 is 0.194. The van der Waals surface area contributed by atoms with Crippen LogP contribution in [0.25, 0.3) is 0 Å². The van der Waals surface area contributed by atoms with Gasteiger partial charge in [0.25, 0.3) is 0 Å². The maximum atomic E-state index is 4.76. The van der Waals surface area contributed by atoms with Crippen molar-refractivity contribution in [2.75, 3.05) is 12.3 Å². The van der Waals surface area contributed by atoms with Crippen molar-refractivity contribution in [3.63, 3.8) is 0 Å². The van der Waals surface area contributed by atoms with Crippen LogP contribution in [0.3, 0.4) is 0 Å². The molecular formula is C27H28Cl2FeP2+2. The fourth-order valence-corrected chi connectivity index (χ4v) is 9.52. The molecule has 166 valence electrons. The standard InChI is InChI=1S/C27H26P2.2ClH.Fe/c1-5-14-24(15-6-1)28(25-16-7-2-8-17-25)22-13-23-29(26-18-9-3-10-19-26)27-20-11-4-12-21-27;;;/h1-12,14-21H,13,22-23H2;2*1H;/q;;;+2. The number of hydrogen-bond acceptors (Lipinski definition) is 0. The van der Waals surface area contributed by atoms with E-state index in [1.807, 2.05) is 0 Å². The van der Waals surface area contributed by atoms with Crippen LogP contribution in [-0.4, -0.2) is 12.3 Å². The molecule has 0 atom stereocenters. The summed E-state index contributed by atoms with van der Waals surface area (Å²) in [6.45, 7) is 0. The van der Waals surface area contributed by atoms with Crippen LogP contribution < -0.4 is 21.2 Å². The second-order valence-electron chi connectivity index (χ2n) is 7.33. The monoisotopic (exact) mass is 540 g/mol. The Bertz CT molecular complexity index is 841. The van der Waals surface area contributed by atoms with Gasteiger partial charge in [0, 0.05) is 6.42 Å². The molecule has 0 N–H and O–H groups in total. The molecule has 0 fully saturated rings. The van der Waals surface area contributed by atoms with E-state index in [1.165, 1.54) is 40.0 Å². The fourth-order valence-electron chi connectivity index (χ4n) is 3.91. The van der Waals surface area contributed by atoms with Crippen molar-refractivity contribution in [1.29, 1.82) is 0 Å². The first-order valence-corrected chi connectivity index (χ1v) is 17.1. The van der Waals surface area contributed by atoms with Crippen LogP contribution >= 0.6 is 36.0 Å². The Morgan fingerprint density at radius 2 is 0.656 bits per heavy atom. The zero-order valence-electron chi connectivity index (χ0n) is 17.8. The van der Waals surface area contributed by atoms with Gasteiger partial charge in [0.1, 0.15) is 0 Å². The first-order valence-electron chi connectivity index (χ1n) is 10.6. The third kappa shape index (κ3) is 8.01. The molecule has 0 aliphatic rings. The van der Waals surface area contributed by atoms with E-state index in [-0.39, 0.29) is 13.1 Å². The van der Waals surface area contributed by atoms with E-state index >= 15 is 0 Å². The molecule has 0 aromatic heterocycles. The van der Waals surface area contributed by atoms with E-state index in [2.05, 4.69) is 121 Å². The van der Waals surface area contributed by atoms with Crippen LogP contribution in [0.15, 0.2) is 121 Å². The molecule has 4 aromatic rings. The summed E-state index contributed by atoms with van der Waals surface area (Å²) in [7, 11) is 8.04. The van der Waals surface area contributed by atoms with Gasteiger partial charge in [0.05, 0.1) is 49.4 Å². The molecule has 0 amide bonds. The van der Waals surface area contributed by atoms with Crippen LogP contribution in [-0.2, 0) is 13.1 Å². The van der Waals surface area contributed by atoms with Gasteiger partial charge in [0.2, 0.25) is 0 Å². The summed E-state index contributed by atoms with van der Waals surface area (Å²) in [5.41, 5.74) is 0. The van der Waals surface area contributed by atoms with Gasteiger partial charge in [-0.1, -0.05) is 72.8 Å². The van der Waals surface area contributed by atoms with E-state index < -0.39 is 15.8 Å². The van der Waals surface area contributed by atoms with Crippen LogP contribution in [0.1, 0.15) is 6.42 Å². The third-order valence-corrected chi connectivity index (χ3v) is 11.2. The molecule has 0 radical (unpaired) electrons. The van der Waals surface area contributed by atoms with Crippen LogP contribution in [0, 0.1) is 0 Å². The van der Waals surface area contributed by atoms with Crippen LogP contribution in [0.2, 0.25) is 0 Å². The predicted octanol–water partition coefficient (Wildman–Crippen LogP) is 6.48. The maximum absolute atomic E-state index is 4.76. The number of rotatable bonds is 8. The van der Waals surface area contributed by atoms with Crippen LogP contribution in [0.4, 0.5) is 0 Å². The quantitative estimate of drug-likeness (QED) is 0.177. The van der Waals surface area contributed by atoms with Gasteiger partial charge in [-0.05, 0) is 48.5 Å². The van der Waals surface area contributed by atoms with Crippen molar-refractivity contribution in [3.8, 4) is 0 Å². The largest absolute Gasteiger partial charge is 0.0966 e. The van der Waals surface area contributed by atoms with Crippen molar-refractivity contribution < 1.29 is 13.1 Å². The van der Waals surface area contributed by atoms with E-state index in [0.29, 0.717) is 0 Å². The predicted molar refractivity (Wildman–Crippen MR) is 147 cm³/mol. The van der Waals surface area contributed by atoms with Gasteiger partial charge in [0.15, 0.2) is 0 Å². The van der Waals surface area contributed by atoms with Gasteiger partial charge < -0.3 is 0 Å². The van der Waals surface area contributed by atoms with E-state index in [0.717, 1.165) is 0 Å². The Morgan fingerprint density at radius 3 is 0.875 bits per heavy atom. The summed E-state index contributed by atoms with van der Waals surface area (Å²) in [5, 5.41) is 6.10. The Labute approximate surface area is 209 Å². The molecule has 0 nitrogen and oxygen atoms in total. The van der Waals surface area contributed by atoms with E-state index in [1.54, 1.807) is 0 Å². The molecule has 0 bridgehead atoms. The zero-order valence-corrected chi connectivity index (χ0v) is 22.4. The van der Waals surface area contributed by atoms with E-state index in [4.69, 9.17) is 20.2 Å². The molecular weight excluding hydrogens is 513 g/mol. The van der Waals surface area contributed by atoms with E-state index in [9.17, 15) is 0 Å². The van der Waals surface area contributed by atoms with Crippen molar-refractivity contribution in [3.05, 3.63) is 121 Å². The molecule has 4 rings (SSSR count). The minimum Gasteiger partial charge on any atom is -0.0620 e. The Morgan fingerprint density at radius 1 is 0.438 bits per heavy atom. The average molecular weight is 541 g/mol. The number of halogens is 2. The topological polar surface area (TPSA) is 0 Å². The van der Waals surface area contributed by atoms with Gasteiger partial charge in [-0.25, -0.2) is 0 Å². The smallest absolute Gasteiger partial charge is 0.0620 e. The van der Waals surface area contributed by atoms with Crippen molar-refractivity contribution in [2.45, 2.75) is 6.42 Å². The van der Waals surface area contributed by atoms with Crippen molar-refractivity contribution in [2.24, 2.45) is 0 Å². The number of hydrogen-bond donors (Lipinski definition) is 0. The number of benzene rings is 4. The zero-order chi connectivity index (χ0) is 22.4. The Balaban J connectivity index is 0.000000913. The molecule has 0 saturated heterocycles. The first-order chi connectivity index (χ1) is 15.8. The van der Waals surface area contributed by atoms with Gasteiger partial charge >= 0.3 is 33.3 Å². The molecule has 0 aliphatic carbocycles. The van der Waals surface area contributed by atoms with Crippen LogP contribution in [0.5, 0.6) is 0 Å². The summed E-state index contributed by atoms with van der Waals surface area (Å²) in [6, 6.07) is 44.6. The minimum absolute atomic E-state index is 0.194. The summed E-state index contributed by atoms with van der Waals surface area (Å²) in [6.07, 6.45) is 3.84.